The highest BCUT2D eigenvalue weighted by Crippen LogP contribution is 2.27. The number of hydrogen-bond acceptors (Lipinski definition) is 4. The van der Waals surface area contributed by atoms with Gasteiger partial charge >= 0.3 is 0 Å². The van der Waals surface area contributed by atoms with Gasteiger partial charge in [0.05, 0.1) is 5.88 Å². The molecule has 0 saturated carbocycles. The molecule has 0 aliphatic carbocycles. The Morgan fingerprint density at radius 3 is 3.08 bits per heavy atom. The quantitative estimate of drug-likeness (QED) is 0.472. The summed E-state index contributed by atoms with van der Waals surface area (Å²) in [7, 11) is 3.11. The molecule has 1 N–H and O–H groups in total. The molecule has 0 atom stereocenters. The number of amides is 1. The molecule has 0 unspecified atom stereocenters. The van der Waals surface area contributed by atoms with E-state index in [1.54, 1.807) is 27.8 Å². The molecule has 0 spiro atoms. The number of rotatable bonds is 4. The third-order valence-corrected chi connectivity index (χ3v) is 3.17. The molecule has 0 fully saturated rings. The Kier molecular flexibility index (Phi) is 4.70. The first-order valence-electron chi connectivity index (χ1n) is 3.74. The molecule has 0 saturated heterocycles. The van der Waals surface area contributed by atoms with Gasteiger partial charge in [0, 0.05) is 13.1 Å². The van der Waals surface area contributed by atoms with Crippen LogP contribution in [-0.4, -0.2) is 16.8 Å². The highest BCUT2D eigenvalue weighted by atomic mass is 33.1. The van der Waals surface area contributed by atoms with Crippen LogP contribution >= 0.6 is 21.6 Å². The van der Waals surface area contributed by atoms with E-state index in [4.69, 9.17) is 0 Å². The van der Waals surface area contributed by atoms with Crippen LogP contribution < -0.4 is 5.32 Å². The fourth-order valence-electron chi connectivity index (χ4n) is 0.617. The van der Waals surface area contributed by atoms with Gasteiger partial charge in [0.25, 0.3) is 0 Å². The Hall–Kier alpha value is -0.680. The molecule has 0 aromatic carbocycles. The number of hydrogen-bond donors (Lipinski definition) is 1. The van der Waals surface area contributed by atoms with Crippen molar-refractivity contribution in [3.8, 4) is 0 Å². The lowest BCUT2D eigenvalue weighted by molar-refractivity contribution is -0.118. The maximum absolute atomic E-state index is 10.5. The lowest BCUT2D eigenvalue weighted by Crippen LogP contribution is -2.17. The first-order valence-corrected chi connectivity index (χ1v) is 6.06. The van der Waals surface area contributed by atoms with Crippen LogP contribution in [0.1, 0.15) is 6.92 Å². The molecule has 1 aromatic heterocycles. The molecular formula is C8H10N2OS2. The van der Waals surface area contributed by atoms with Gasteiger partial charge in [-0.2, -0.15) is 0 Å². The van der Waals surface area contributed by atoms with Crippen LogP contribution in [0.15, 0.2) is 29.4 Å². The lowest BCUT2D eigenvalue weighted by atomic mass is 10.5. The smallest absolute Gasteiger partial charge is 0.217 e. The van der Waals surface area contributed by atoms with Crippen molar-refractivity contribution in [3.05, 3.63) is 24.4 Å². The van der Waals surface area contributed by atoms with Gasteiger partial charge in [0.15, 0.2) is 0 Å². The van der Waals surface area contributed by atoms with E-state index in [1.807, 2.05) is 18.2 Å². The average Bonchev–Trinajstić information content (AvgIpc) is 2.14. The topological polar surface area (TPSA) is 42.0 Å². The third kappa shape index (κ3) is 4.80. The molecule has 0 aliphatic rings. The fraction of sp³-hybridized carbons (Fsp3) is 0.250. The van der Waals surface area contributed by atoms with Gasteiger partial charge in [0.1, 0.15) is 5.03 Å². The number of carbonyl (C=O) groups is 1. The zero-order valence-electron chi connectivity index (χ0n) is 7.19. The first kappa shape index (κ1) is 10.4. The zero-order chi connectivity index (χ0) is 9.52. The summed E-state index contributed by atoms with van der Waals surface area (Å²) in [5.41, 5.74) is 0. The summed E-state index contributed by atoms with van der Waals surface area (Å²) in [6.07, 6.45) is 1.75. The minimum atomic E-state index is -0.00544. The van der Waals surface area contributed by atoms with E-state index in [9.17, 15) is 4.79 Å². The van der Waals surface area contributed by atoms with Crippen LogP contribution in [0.2, 0.25) is 0 Å². The van der Waals surface area contributed by atoms with E-state index in [2.05, 4.69) is 10.3 Å². The molecule has 3 nitrogen and oxygen atoms in total. The summed E-state index contributed by atoms with van der Waals surface area (Å²) in [6, 6.07) is 5.75. The lowest BCUT2D eigenvalue weighted by Gasteiger charge is -2.00. The van der Waals surface area contributed by atoms with Gasteiger partial charge in [-0.1, -0.05) is 16.9 Å². The van der Waals surface area contributed by atoms with E-state index in [1.165, 1.54) is 6.92 Å². The molecule has 70 valence electrons. The van der Waals surface area contributed by atoms with Gasteiger partial charge in [0.2, 0.25) is 5.91 Å². The van der Waals surface area contributed by atoms with Crippen molar-refractivity contribution >= 4 is 27.5 Å². The number of pyridine rings is 1. The van der Waals surface area contributed by atoms with E-state index >= 15 is 0 Å². The van der Waals surface area contributed by atoms with E-state index in [-0.39, 0.29) is 5.91 Å². The van der Waals surface area contributed by atoms with Crippen LogP contribution in [0.4, 0.5) is 0 Å². The summed E-state index contributed by atoms with van der Waals surface area (Å²) in [6.45, 7) is 1.51. The maximum atomic E-state index is 10.5. The number of aromatic nitrogens is 1. The van der Waals surface area contributed by atoms with Crippen LogP contribution in [-0.2, 0) is 4.79 Å². The van der Waals surface area contributed by atoms with Crippen LogP contribution in [0, 0.1) is 0 Å². The Labute approximate surface area is 85.1 Å². The second-order valence-electron chi connectivity index (χ2n) is 2.25. The molecule has 0 radical (unpaired) electrons. The number of nitrogens with one attached hydrogen (secondary N) is 1. The second-order valence-corrected chi connectivity index (χ2v) is 4.56. The summed E-state index contributed by atoms with van der Waals surface area (Å²) < 4.78 is 0. The monoisotopic (exact) mass is 214 g/mol. The maximum Gasteiger partial charge on any atom is 0.217 e. The summed E-state index contributed by atoms with van der Waals surface area (Å²) >= 11 is 0. The molecule has 5 heteroatoms. The van der Waals surface area contributed by atoms with Crippen molar-refractivity contribution in [1.82, 2.24) is 10.3 Å². The molecule has 1 aromatic rings. The highest BCUT2D eigenvalue weighted by Gasteiger charge is 1.94. The highest BCUT2D eigenvalue weighted by molar-refractivity contribution is 8.76. The Morgan fingerprint density at radius 2 is 2.46 bits per heavy atom. The van der Waals surface area contributed by atoms with E-state index < -0.39 is 0 Å². The van der Waals surface area contributed by atoms with Crippen molar-refractivity contribution in [1.29, 1.82) is 0 Å². The standard InChI is InChI=1S/C8H10N2OS2/c1-7(11)10-6-12-13-8-4-2-3-5-9-8/h2-5H,6H2,1H3,(H,10,11). The van der Waals surface area contributed by atoms with Crippen molar-refractivity contribution in [2.75, 3.05) is 5.88 Å². The minimum absolute atomic E-state index is 0.00544. The van der Waals surface area contributed by atoms with Crippen LogP contribution in [0.5, 0.6) is 0 Å². The van der Waals surface area contributed by atoms with Crippen molar-refractivity contribution in [3.63, 3.8) is 0 Å². The first-order chi connectivity index (χ1) is 6.29. The molecular weight excluding hydrogens is 204 g/mol. The molecule has 1 amide bonds. The van der Waals surface area contributed by atoms with Crippen molar-refractivity contribution in [2.24, 2.45) is 0 Å². The molecule has 0 aliphatic heterocycles. The summed E-state index contributed by atoms with van der Waals surface area (Å²) in [5, 5.41) is 3.65. The van der Waals surface area contributed by atoms with Crippen molar-refractivity contribution in [2.45, 2.75) is 11.9 Å². The van der Waals surface area contributed by atoms with E-state index in [0.717, 1.165) is 5.03 Å². The summed E-state index contributed by atoms with van der Waals surface area (Å²) in [5.74, 6) is 0.602. The van der Waals surface area contributed by atoms with Gasteiger partial charge < -0.3 is 5.32 Å². The normalized spacial score (nSPS) is 9.62. The largest absolute Gasteiger partial charge is 0.346 e. The Balaban J connectivity index is 2.17. The number of carbonyl (C=O) groups excluding carboxylic acids is 1. The van der Waals surface area contributed by atoms with Gasteiger partial charge in [-0.05, 0) is 22.9 Å². The molecule has 13 heavy (non-hydrogen) atoms. The summed E-state index contributed by atoms with van der Waals surface area (Å²) in [4.78, 5) is 14.6. The second kappa shape index (κ2) is 5.88. The average molecular weight is 214 g/mol. The Morgan fingerprint density at radius 1 is 1.62 bits per heavy atom. The molecule has 1 heterocycles. The molecule has 0 bridgehead atoms. The predicted octanol–water partition coefficient (Wildman–Crippen LogP) is 1.92. The molecule has 1 rings (SSSR count). The van der Waals surface area contributed by atoms with Crippen LogP contribution in [0.3, 0.4) is 0 Å². The minimum Gasteiger partial charge on any atom is -0.346 e. The van der Waals surface area contributed by atoms with E-state index in [0.29, 0.717) is 5.88 Å². The van der Waals surface area contributed by atoms with Crippen LogP contribution in [0.25, 0.3) is 0 Å². The van der Waals surface area contributed by atoms with Gasteiger partial charge in [-0.3, -0.25) is 4.79 Å². The van der Waals surface area contributed by atoms with Gasteiger partial charge in [-0.15, -0.1) is 0 Å². The predicted molar refractivity (Wildman–Crippen MR) is 56.4 cm³/mol. The number of nitrogens with zero attached hydrogens (tertiary/aromatic N) is 1. The fourth-order valence-corrected chi connectivity index (χ4v) is 2.31. The zero-order valence-corrected chi connectivity index (χ0v) is 8.82. The van der Waals surface area contributed by atoms with Gasteiger partial charge in [-0.25, -0.2) is 4.98 Å². The third-order valence-electron chi connectivity index (χ3n) is 1.16. The Bertz CT molecular complexity index is 266. The van der Waals surface area contributed by atoms with Crippen molar-refractivity contribution < 1.29 is 4.79 Å². The SMILES string of the molecule is CC(=O)NCSSc1ccccn1.